The first kappa shape index (κ1) is 18.3. The molecule has 0 aliphatic rings. The van der Waals surface area contributed by atoms with Gasteiger partial charge in [-0.25, -0.2) is 9.97 Å². The summed E-state index contributed by atoms with van der Waals surface area (Å²) in [4.78, 5) is 21.6. The Bertz CT molecular complexity index is 921. The Balaban J connectivity index is 1.82. The Morgan fingerprint density at radius 3 is 2.52 bits per heavy atom. The predicted molar refractivity (Wildman–Crippen MR) is 109 cm³/mol. The van der Waals surface area contributed by atoms with Gasteiger partial charge in [-0.3, -0.25) is 4.79 Å². The number of carbonyl (C=O) groups is 1. The molecule has 3 aromatic rings. The zero-order chi connectivity index (χ0) is 19.1. The maximum absolute atomic E-state index is 12.6. The Labute approximate surface area is 159 Å². The molecule has 0 fully saturated rings. The average molecular weight is 358 g/mol. The predicted octanol–water partition coefficient (Wildman–Crippen LogP) is 3.98. The number of carbonyl (C=O) groups excluding carboxylic acids is 1. The fraction of sp³-hybridized carbons (Fsp3) is 0.136. The molecule has 2 N–H and O–H groups in total. The van der Waals surface area contributed by atoms with E-state index in [4.69, 9.17) is 0 Å². The maximum atomic E-state index is 12.6. The van der Waals surface area contributed by atoms with E-state index in [0.29, 0.717) is 30.4 Å². The number of amides is 1. The van der Waals surface area contributed by atoms with Crippen LogP contribution in [0.25, 0.3) is 11.4 Å². The Morgan fingerprint density at radius 2 is 1.81 bits per heavy atom. The summed E-state index contributed by atoms with van der Waals surface area (Å²) in [6.45, 7) is 6.73. The fourth-order valence-corrected chi connectivity index (χ4v) is 2.53. The molecule has 5 nitrogen and oxygen atoms in total. The van der Waals surface area contributed by atoms with Crippen molar-refractivity contribution in [3.8, 4) is 11.4 Å². The van der Waals surface area contributed by atoms with Crippen LogP contribution in [0.15, 0.2) is 73.3 Å². The third-order valence-electron chi connectivity index (χ3n) is 3.99. The molecule has 27 heavy (non-hydrogen) atoms. The summed E-state index contributed by atoms with van der Waals surface area (Å²) in [6, 6.07) is 19.3. The SMILES string of the molecule is C=CCNc1cc(C(=O)NCc2ccc(C)cc2)nc(-c2ccccc2)n1. The zero-order valence-corrected chi connectivity index (χ0v) is 15.3. The molecule has 1 aromatic heterocycles. The van der Waals surface area contributed by atoms with Gasteiger partial charge < -0.3 is 10.6 Å². The average Bonchev–Trinajstić information content (AvgIpc) is 2.72. The molecule has 0 saturated carbocycles. The van der Waals surface area contributed by atoms with E-state index in [-0.39, 0.29) is 5.91 Å². The molecule has 0 unspecified atom stereocenters. The van der Waals surface area contributed by atoms with Crippen LogP contribution in [-0.2, 0) is 6.54 Å². The first-order valence-electron chi connectivity index (χ1n) is 8.79. The van der Waals surface area contributed by atoms with Crippen molar-refractivity contribution in [2.75, 3.05) is 11.9 Å². The number of aryl methyl sites for hydroxylation is 1. The Morgan fingerprint density at radius 1 is 1.07 bits per heavy atom. The molecule has 0 aliphatic heterocycles. The normalized spacial score (nSPS) is 10.3. The van der Waals surface area contributed by atoms with Gasteiger partial charge >= 0.3 is 0 Å². The third kappa shape index (κ3) is 5.01. The number of aromatic nitrogens is 2. The number of nitrogens with one attached hydrogen (secondary N) is 2. The van der Waals surface area contributed by atoms with Crippen molar-refractivity contribution in [3.05, 3.63) is 90.1 Å². The second-order valence-corrected chi connectivity index (χ2v) is 6.17. The second-order valence-electron chi connectivity index (χ2n) is 6.17. The van der Waals surface area contributed by atoms with E-state index in [1.807, 2.05) is 61.5 Å². The smallest absolute Gasteiger partial charge is 0.270 e. The minimum Gasteiger partial charge on any atom is -0.366 e. The first-order chi connectivity index (χ1) is 13.2. The minimum atomic E-state index is -0.239. The van der Waals surface area contributed by atoms with Crippen LogP contribution in [0, 0.1) is 6.92 Å². The van der Waals surface area contributed by atoms with Crippen molar-refractivity contribution in [1.82, 2.24) is 15.3 Å². The van der Waals surface area contributed by atoms with E-state index in [1.165, 1.54) is 5.56 Å². The van der Waals surface area contributed by atoms with Crippen LogP contribution in [-0.4, -0.2) is 22.4 Å². The lowest BCUT2D eigenvalue weighted by molar-refractivity contribution is 0.0946. The summed E-state index contributed by atoms with van der Waals surface area (Å²) in [7, 11) is 0. The van der Waals surface area contributed by atoms with Crippen molar-refractivity contribution < 1.29 is 4.79 Å². The van der Waals surface area contributed by atoms with E-state index in [2.05, 4.69) is 27.2 Å². The standard InChI is InChI=1S/C22H22N4O/c1-3-13-23-20-14-19(25-21(26-20)18-7-5-4-6-8-18)22(27)24-15-17-11-9-16(2)10-12-17/h3-12,14H,1,13,15H2,2H3,(H,24,27)(H,23,25,26). The van der Waals surface area contributed by atoms with Crippen LogP contribution < -0.4 is 10.6 Å². The number of benzene rings is 2. The van der Waals surface area contributed by atoms with Crippen molar-refractivity contribution in [2.45, 2.75) is 13.5 Å². The van der Waals surface area contributed by atoms with E-state index in [9.17, 15) is 4.79 Å². The largest absolute Gasteiger partial charge is 0.366 e. The summed E-state index contributed by atoms with van der Waals surface area (Å²) in [5.74, 6) is 0.853. The van der Waals surface area contributed by atoms with Gasteiger partial charge in [0.25, 0.3) is 5.91 Å². The van der Waals surface area contributed by atoms with Gasteiger partial charge in [0.2, 0.25) is 0 Å². The van der Waals surface area contributed by atoms with E-state index in [0.717, 1.165) is 11.1 Å². The third-order valence-corrected chi connectivity index (χ3v) is 3.99. The lowest BCUT2D eigenvalue weighted by atomic mass is 10.1. The fourth-order valence-electron chi connectivity index (χ4n) is 2.53. The molecule has 1 amide bonds. The highest BCUT2D eigenvalue weighted by atomic mass is 16.1. The van der Waals surface area contributed by atoms with Crippen molar-refractivity contribution >= 4 is 11.7 Å². The highest BCUT2D eigenvalue weighted by Crippen LogP contribution is 2.18. The van der Waals surface area contributed by atoms with Gasteiger partial charge in [0.1, 0.15) is 11.5 Å². The van der Waals surface area contributed by atoms with Gasteiger partial charge in [0.05, 0.1) is 0 Å². The molecule has 3 rings (SSSR count). The molecule has 0 bridgehead atoms. The van der Waals surface area contributed by atoms with Crippen molar-refractivity contribution in [1.29, 1.82) is 0 Å². The molecule has 5 heteroatoms. The van der Waals surface area contributed by atoms with Crippen LogP contribution in [0.2, 0.25) is 0 Å². The Hall–Kier alpha value is -3.47. The molecular formula is C22H22N4O. The van der Waals surface area contributed by atoms with Gasteiger partial charge in [-0.15, -0.1) is 6.58 Å². The molecule has 0 aliphatic carbocycles. The van der Waals surface area contributed by atoms with Crippen LogP contribution >= 0.6 is 0 Å². The van der Waals surface area contributed by atoms with Crippen LogP contribution in [0.5, 0.6) is 0 Å². The molecule has 0 spiro atoms. The number of hydrogen-bond donors (Lipinski definition) is 2. The summed E-state index contributed by atoms with van der Waals surface area (Å²) >= 11 is 0. The molecule has 1 heterocycles. The molecule has 0 radical (unpaired) electrons. The van der Waals surface area contributed by atoms with Crippen LogP contribution in [0.1, 0.15) is 21.6 Å². The van der Waals surface area contributed by atoms with Gasteiger partial charge in [-0.2, -0.15) is 0 Å². The van der Waals surface area contributed by atoms with Gasteiger partial charge in [0.15, 0.2) is 5.82 Å². The first-order valence-corrected chi connectivity index (χ1v) is 8.79. The monoisotopic (exact) mass is 358 g/mol. The molecule has 0 saturated heterocycles. The number of anilines is 1. The summed E-state index contributed by atoms with van der Waals surface area (Å²) < 4.78 is 0. The number of hydrogen-bond acceptors (Lipinski definition) is 4. The molecule has 2 aromatic carbocycles. The molecular weight excluding hydrogens is 336 g/mol. The Kier molecular flexibility index (Phi) is 5.94. The lowest BCUT2D eigenvalue weighted by Crippen LogP contribution is -2.24. The zero-order valence-electron chi connectivity index (χ0n) is 15.3. The highest BCUT2D eigenvalue weighted by Gasteiger charge is 2.13. The van der Waals surface area contributed by atoms with Gasteiger partial charge in [0, 0.05) is 24.7 Å². The van der Waals surface area contributed by atoms with Crippen molar-refractivity contribution in [3.63, 3.8) is 0 Å². The lowest BCUT2D eigenvalue weighted by Gasteiger charge is -2.10. The van der Waals surface area contributed by atoms with E-state index in [1.54, 1.807) is 12.1 Å². The van der Waals surface area contributed by atoms with Gasteiger partial charge in [-0.05, 0) is 12.5 Å². The van der Waals surface area contributed by atoms with Crippen LogP contribution in [0.3, 0.4) is 0 Å². The summed E-state index contributed by atoms with van der Waals surface area (Å²) in [5, 5.41) is 6.05. The van der Waals surface area contributed by atoms with Crippen LogP contribution in [0.4, 0.5) is 5.82 Å². The van der Waals surface area contributed by atoms with E-state index >= 15 is 0 Å². The minimum absolute atomic E-state index is 0.239. The second kappa shape index (κ2) is 8.76. The van der Waals surface area contributed by atoms with Gasteiger partial charge in [-0.1, -0.05) is 66.2 Å². The summed E-state index contributed by atoms with van der Waals surface area (Å²) in [5.41, 5.74) is 3.40. The quantitative estimate of drug-likeness (QED) is 0.627. The number of nitrogens with zero attached hydrogens (tertiary/aromatic N) is 2. The molecule has 136 valence electrons. The van der Waals surface area contributed by atoms with Crippen molar-refractivity contribution in [2.24, 2.45) is 0 Å². The topological polar surface area (TPSA) is 66.9 Å². The molecule has 0 atom stereocenters. The maximum Gasteiger partial charge on any atom is 0.270 e. The number of rotatable bonds is 7. The highest BCUT2D eigenvalue weighted by molar-refractivity contribution is 5.93. The summed E-state index contributed by atoms with van der Waals surface area (Å²) in [6.07, 6.45) is 1.74. The van der Waals surface area contributed by atoms with E-state index < -0.39 is 0 Å².